The van der Waals surface area contributed by atoms with Crippen LogP contribution in [0.3, 0.4) is 0 Å². The molecule has 2 unspecified atom stereocenters. The molecule has 18 heteroatoms. The van der Waals surface area contributed by atoms with Gasteiger partial charge in [-0.1, -0.05) is 23.2 Å². The molecule has 0 fully saturated rings. The lowest BCUT2D eigenvalue weighted by Crippen LogP contribution is -2.62. The van der Waals surface area contributed by atoms with Gasteiger partial charge in [0, 0.05) is 24.2 Å². The molecule has 2 aromatic carbocycles. The van der Waals surface area contributed by atoms with Gasteiger partial charge in [-0.3, -0.25) is 23.6 Å². The van der Waals surface area contributed by atoms with Gasteiger partial charge in [0.2, 0.25) is 5.88 Å². The molecule has 2 atom stereocenters. The maximum Gasteiger partial charge on any atom is 0.316 e. The van der Waals surface area contributed by atoms with Gasteiger partial charge in [0.1, 0.15) is 44.8 Å². The molecule has 14 nitrogen and oxygen atoms in total. The first kappa shape index (κ1) is 38.9. The Morgan fingerprint density at radius 3 is 1.52 bits per heavy atom. The van der Waals surface area contributed by atoms with Crippen molar-refractivity contribution in [1.82, 2.24) is 14.5 Å². The number of anilines is 1. The van der Waals surface area contributed by atoms with Crippen LogP contribution < -0.4 is 28.3 Å². The van der Waals surface area contributed by atoms with Gasteiger partial charge in [0.25, 0.3) is 10.1 Å². The fourth-order valence-corrected chi connectivity index (χ4v) is 7.95. The van der Waals surface area contributed by atoms with Crippen LogP contribution in [-0.2, 0) is 20.2 Å². The second-order valence-electron chi connectivity index (χ2n) is 11.5. The SMILES string of the molecule is COc1cc(-c2ccc(N(C)CC(CS(=O)(=O)O)[N+](C)(CS(=O)(=O)O)c3ccc(-c4cc(OC)c(Cl)c(OC)c4)nc3)cn2)cc(OC)c1Cl. The first-order valence-electron chi connectivity index (χ1n) is 14.7. The second-order valence-corrected chi connectivity index (χ2v) is 15.1. The number of ether oxygens (including phenoxy) is 4. The highest BCUT2D eigenvalue weighted by atomic mass is 35.5. The molecule has 4 rings (SSSR count). The van der Waals surface area contributed by atoms with E-state index < -0.39 is 42.4 Å². The zero-order chi connectivity index (χ0) is 37.0. The van der Waals surface area contributed by atoms with Crippen LogP contribution in [-0.4, -0.2) is 103 Å². The van der Waals surface area contributed by atoms with Crippen LogP contribution in [0.25, 0.3) is 22.5 Å². The van der Waals surface area contributed by atoms with E-state index in [0.717, 1.165) is 0 Å². The minimum absolute atomic E-state index is 0.108. The van der Waals surface area contributed by atoms with Crippen molar-refractivity contribution in [2.75, 3.05) is 65.6 Å². The Morgan fingerprint density at radius 1 is 0.740 bits per heavy atom. The van der Waals surface area contributed by atoms with Crippen LogP contribution in [0.15, 0.2) is 60.9 Å². The van der Waals surface area contributed by atoms with Crippen molar-refractivity contribution < 1.29 is 44.9 Å². The van der Waals surface area contributed by atoms with E-state index in [9.17, 15) is 25.9 Å². The quantitative estimate of drug-likeness (QED) is 0.117. The number of pyridine rings is 2. The van der Waals surface area contributed by atoms with Gasteiger partial charge in [-0.05, 0) is 42.5 Å². The molecule has 0 spiro atoms. The summed E-state index contributed by atoms with van der Waals surface area (Å²) in [6.07, 6.45) is 2.92. The molecule has 270 valence electrons. The Kier molecular flexibility index (Phi) is 12.1. The van der Waals surface area contributed by atoms with Gasteiger partial charge in [-0.2, -0.15) is 16.8 Å². The molecule has 2 N–H and O–H groups in total. The maximum absolute atomic E-state index is 12.4. The topological polar surface area (TPSA) is 175 Å². The molecule has 0 bridgehead atoms. The Bertz CT molecular complexity index is 2000. The van der Waals surface area contributed by atoms with E-state index in [2.05, 4.69) is 9.97 Å². The monoisotopic (exact) mass is 771 g/mol. The summed E-state index contributed by atoms with van der Waals surface area (Å²) in [6.45, 7) is -0.108. The average molecular weight is 773 g/mol. The van der Waals surface area contributed by atoms with Crippen molar-refractivity contribution in [3.63, 3.8) is 0 Å². The number of rotatable bonds is 15. The van der Waals surface area contributed by atoms with Gasteiger partial charge < -0.3 is 23.8 Å². The third-order valence-electron chi connectivity index (χ3n) is 8.13. The fourth-order valence-electron chi connectivity index (χ4n) is 5.47. The number of hydrogen-bond donors (Lipinski definition) is 2. The van der Waals surface area contributed by atoms with Gasteiger partial charge in [0.05, 0.1) is 71.5 Å². The molecule has 2 aromatic heterocycles. The highest BCUT2D eigenvalue weighted by Crippen LogP contribution is 2.40. The zero-order valence-electron chi connectivity index (χ0n) is 28.0. The van der Waals surface area contributed by atoms with E-state index in [-0.39, 0.29) is 17.3 Å². The number of quaternary nitrogens is 1. The molecule has 0 saturated carbocycles. The molecule has 0 aliphatic carbocycles. The fraction of sp³-hybridized carbons (Fsp3) is 0.312. The van der Waals surface area contributed by atoms with Gasteiger partial charge >= 0.3 is 10.1 Å². The van der Waals surface area contributed by atoms with E-state index >= 15 is 0 Å². The number of hydrogen-bond acceptors (Lipinski definition) is 11. The molecule has 0 amide bonds. The van der Waals surface area contributed by atoms with Crippen molar-refractivity contribution >= 4 is 54.8 Å². The van der Waals surface area contributed by atoms with Crippen molar-refractivity contribution in [3.05, 3.63) is 71.0 Å². The Labute approximate surface area is 301 Å². The molecular formula is C32H37Cl2N4O10S2+. The highest BCUT2D eigenvalue weighted by molar-refractivity contribution is 7.86. The first-order valence-corrected chi connectivity index (χ1v) is 18.6. The Morgan fingerprint density at radius 2 is 1.18 bits per heavy atom. The molecule has 2 heterocycles. The van der Waals surface area contributed by atoms with Gasteiger partial charge in [-0.25, -0.2) is 0 Å². The highest BCUT2D eigenvalue weighted by Gasteiger charge is 2.42. The molecule has 0 aliphatic rings. The number of methoxy groups -OCH3 is 4. The number of likely N-dealkylation sites (N-methyl/N-ethyl adjacent to an activating group) is 2. The van der Waals surface area contributed by atoms with Crippen molar-refractivity contribution in [3.8, 4) is 45.5 Å². The summed E-state index contributed by atoms with van der Waals surface area (Å²) in [5.41, 5.74) is 2.99. The van der Waals surface area contributed by atoms with Crippen molar-refractivity contribution in [1.29, 1.82) is 0 Å². The van der Waals surface area contributed by atoms with E-state index in [4.69, 9.17) is 42.1 Å². The van der Waals surface area contributed by atoms with E-state index in [1.165, 1.54) is 41.7 Å². The first-order chi connectivity index (χ1) is 23.4. The van der Waals surface area contributed by atoms with Crippen LogP contribution in [0.4, 0.5) is 11.4 Å². The third-order valence-corrected chi connectivity index (χ3v) is 10.5. The Hall–Kier alpha value is -3.90. The average Bonchev–Trinajstić information content (AvgIpc) is 3.07. The van der Waals surface area contributed by atoms with Gasteiger partial charge in [-0.15, -0.1) is 0 Å². The van der Waals surface area contributed by atoms with E-state index in [1.54, 1.807) is 66.7 Å². The Balaban J connectivity index is 1.72. The number of nitrogens with zero attached hydrogens (tertiary/aromatic N) is 4. The van der Waals surface area contributed by atoms with Crippen LogP contribution in [0.2, 0.25) is 10.0 Å². The number of aromatic nitrogens is 2. The predicted octanol–water partition coefficient (Wildman–Crippen LogP) is 5.33. The van der Waals surface area contributed by atoms with Crippen molar-refractivity contribution in [2.45, 2.75) is 6.04 Å². The molecule has 0 radical (unpaired) electrons. The summed E-state index contributed by atoms with van der Waals surface area (Å²) < 4.78 is 90.3. The summed E-state index contributed by atoms with van der Waals surface area (Å²) in [7, 11) is -0.420. The molecule has 50 heavy (non-hydrogen) atoms. The van der Waals surface area contributed by atoms with Crippen LogP contribution >= 0.6 is 23.2 Å². The van der Waals surface area contributed by atoms with E-state index in [0.29, 0.717) is 56.2 Å². The van der Waals surface area contributed by atoms with Crippen LogP contribution in [0.1, 0.15) is 0 Å². The summed E-state index contributed by atoms with van der Waals surface area (Å²) in [6, 6.07) is 12.2. The molecular weight excluding hydrogens is 735 g/mol. The second kappa shape index (κ2) is 15.6. The minimum Gasteiger partial charge on any atom is -0.495 e. The van der Waals surface area contributed by atoms with E-state index in [1.807, 2.05) is 0 Å². The lowest BCUT2D eigenvalue weighted by atomic mass is 10.1. The number of benzene rings is 2. The molecule has 0 saturated heterocycles. The predicted molar refractivity (Wildman–Crippen MR) is 193 cm³/mol. The van der Waals surface area contributed by atoms with Crippen molar-refractivity contribution in [2.24, 2.45) is 0 Å². The lowest BCUT2D eigenvalue weighted by molar-refractivity contribution is 0.283. The summed E-state index contributed by atoms with van der Waals surface area (Å²) >= 11 is 12.6. The standard InChI is InChI=1S/C32H36Cl2N4O10S2/c1-37(22-7-9-25(35-15-22)20-11-27(45-3)31(33)28(12-20)46-4)17-24(18-49(39,40)41)38(2,19-50(42,43)44)23-8-10-26(36-16-23)21-13-29(47-5)32(34)30(14-21)48-6/h7-16,24H,17-19H2,1-6H3,(H-,39,40,41,42,43,44)/p+1. The van der Waals surface area contributed by atoms with Crippen LogP contribution in [0.5, 0.6) is 23.0 Å². The smallest absolute Gasteiger partial charge is 0.316 e. The summed E-state index contributed by atoms with van der Waals surface area (Å²) in [4.78, 5) is 10.7. The normalized spacial score (nSPS) is 13.6. The largest absolute Gasteiger partial charge is 0.495 e. The third kappa shape index (κ3) is 9.06. The van der Waals surface area contributed by atoms with Gasteiger partial charge in [0.15, 0.2) is 5.69 Å². The summed E-state index contributed by atoms with van der Waals surface area (Å²) in [5.74, 6) is -0.323. The molecule has 4 aromatic rings. The lowest BCUT2D eigenvalue weighted by Gasteiger charge is -2.41. The maximum atomic E-state index is 12.4. The zero-order valence-corrected chi connectivity index (χ0v) is 31.1. The molecule has 0 aliphatic heterocycles. The number of halogens is 2. The minimum atomic E-state index is -4.71. The summed E-state index contributed by atoms with van der Waals surface area (Å²) in [5, 5.41) is 0.571. The van der Waals surface area contributed by atoms with Crippen LogP contribution in [0, 0.1) is 0 Å².